The molecule has 0 atom stereocenters. The minimum atomic E-state index is -0.583. The van der Waals surface area contributed by atoms with Crippen molar-refractivity contribution in [1.29, 1.82) is 0 Å². The van der Waals surface area contributed by atoms with Gasteiger partial charge < -0.3 is 21.5 Å². The Morgan fingerprint density at radius 1 is 1.29 bits per heavy atom. The molecule has 0 unspecified atom stereocenters. The van der Waals surface area contributed by atoms with E-state index in [1.54, 1.807) is 0 Å². The molecule has 1 amide bonds. The van der Waals surface area contributed by atoms with Gasteiger partial charge in [0.25, 0.3) is 5.91 Å². The van der Waals surface area contributed by atoms with E-state index in [1.807, 2.05) is 0 Å². The molecular weight excluding hydrogens is 270 g/mol. The number of primary amides is 1. The lowest BCUT2D eigenvalue weighted by Crippen LogP contribution is -2.30. The van der Waals surface area contributed by atoms with E-state index in [0.717, 1.165) is 32.1 Å². The van der Waals surface area contributed by atoms with Gasteiger partial charge in [0.1, 0.15) is 0 Å². The van der Waals surface area contributed by atoms with Crippen molar-refractivity contribution in [2.24, 2.45) is 11.5 Å². The van der Waals surface area contributed by atoms with E-state index in [4.69, 9.17) is 16.2 Å². The largest absolute Gasteiger partial charge is 0.378 e. The monoisotopic (exact) mass is 293 g/mol. The number of hydrogen-bond acceptors (Lipinski definition) is 6. The molecule has 116 valence electrons. The molecule has 0 aliphatic heterocycles. The van der Waals surface area contributed by atoms with Gasteiger partial charge in [-0.3, -0.25) is 4.79 Å². The summed E-state index contributed by atoms with van der Waals surface area (Å²) in [5, 5.41) is 3.06. The quantitative estimate of drug-likeness (QED) is 0.636. The SMILES string of the molecule is NC(=O)c1nccnc1NCCCOC1CCC(N)CC1. The van der Waals surface area contributed by atoms with Crippen LogP contribution >= 0.6 is 0 Å². The lowest BCUT2D eigenvalue weighted by molar-refractivity contribution is 0.0251. The van der Waals surface area contributed by atoms with E-state index in [1.165, 1.54) is 12.4 Å². The molecule has 1 aromatic heterocycles. The highest BCUT2D eigenvalue weighted by Crippen LogP contribution is 2.19. The van der Waals surface area contributed by atoms with Gasteiger partial charge in [0, 0.05) is 31.6 Å². The summed E-state index contributed by atoms with van der Waals surface area (Å²) in [7, 11) is 0. The van der Waals surface area contributed by atoms with Crippen molar-refractivity contribution in [1.82, 2.24) is 9.97 Å². The predicted octanol–water partition coefficient (Wildman–Crippen LogP) is 0.664. The normalized spacial score (nSPS) is 22.0. The average Bonchev–Trinajstić information content (AvgIpc) is 2.49. The number of aromatic nitrogens is 2. The number of anilines is 1. The molecule has 1 fully saturated rings. The summed E-state index contributed by atoms with van der Waals surface area (Å²) in [6.07, 6.45) is 8.32. The first-order valence-electron chi connectivity index (χ1n) is 7.38. The highest BCUT2D eigenvalue weighted by Gasteiger charge is 2.18. The topological polar surface area (TPSA) is 116 Å². The van der Waals surface area contributed by atoms with Gasteiger partial charge in [-0.2, -0.15) is 0 Å². The highest BCUT2D eigenvalue weighted by molar-refractivity contribution is 5.95. The van der Waals surface area contributed by atoms with Crippen molar-refractivity contribution in [3.05, 3.63) is 18.1 Å². The zero-order chi connectivity index (χ0) is 15.1. The molecule has 1 saturated carbocycles. The van der Waals surface area contributed by atoms with Crippen LogP contribution in [0.15, 0.2) is 12.4 Å². The first-order valence-corrected chi connectivity index (χ1v) is 7.38. The number of nitrogens with zero attached hydrogens (tertiary/aromatic N) is 2. The van der Waals surface area contributed by atoms with Crippen molar-refractivity contribution in [2.45, 2.75) is 44.2 Å². The zero-order valence-corrected chi connectivity index (χ0v) is 12.1. The van der Waals surface area contributed by atoms with Gasteiger partial charge in [0.15, 0.2) is 11.5 Å². The Labute approximate surface area is 124 Å². The number of carbonyl (C=O) groups excluding carboxylic acids is 1. The van der Waals surface area contributed by atoms with Crippen LogP contribution in [0.2, 0.25) is 0 Å². The number of amides is 1. The molecule has 0 radical (unpaired) electrons. The van der Waals surface area contributed by atoms with Gasteiger partial charge in [-0.25, -0.2) is 9.97 Å². The van der Waals surface area contributed by atoms with Crippen molar-refractivity contribution in [3.8, 4) is 0 Å². The molecule has 0 saturated heterocycles. The first kappa shape index (κ1) is 15.7. The minimum absolute atomic E-state index is 0.166. The van der Waals surface area contributed by atoms with Gasteiger partial charge in [-0.1, -0.05) is 0 Å². The summed E-state index contributed by atoms with van der Waals surface area (Å²) in [6, 6.07) is 0.343. The third-order valence-electron chi connectivity index (χ3n) is 3.62. The van der Waals surface area contributed by atoms with E-state index in [2.05, 4.69) is 15.3 Å². The molecule has 1 aliphatic carbocycles. The Kier molecular flexibility index (Phi) is 5.89. The van der Waals surface area contributed by atoms with Crippen LogP contribution in [-0.2, 0) is 4.74 Å². The Morgan fingerprint density at radius 3 is 2.71 bits per heavy atom. The Morgan fingerprint density at radius 2 is 2.00 bits per heavy atom. The van der Waals surface area contributed by atoms with Gasteiger partial charge in [-0.15, -0.1) is 0 Å². The molecule has 1 heterocycles. The van der Waals surface area contributed by atoms with Crippen molar-refractivity contribution in [3.63, 3.8) is 0 Å². The fourth-order valence-corrected chi connectivity index (χ4v) is 2.43. The second-order valence-corrected chi connectivity index (χ2v) is 5.31. The predicted molar refractivity (Wildman–Crippen MR) is 79.8 cm³/mol. The smallest absolute Gasteiger partial charge is 0.271 e. The summed E-state index contributed by atoms with van der Waals surface area (Å²) in [5.74, 6) is -0.158. The average molecular weight is 293 g/mol. The number of carbonyl (C=O) groups is 1. The van der Waals surface area contributed by atoms with E-state index in [0.29, 0.717) is 31.1 Å². The number of nitrogens with one attached hydrogen (secondary N) is 1. The Balaban J connectivity index is 1.65. The summed E-state index contributed by atoms with van der Waals surface area (Å²) in [4.78, 5) is 19.2. The molecule has 0 spiro atoms. The van der Waals surface area contributed by atoms with Gasteiger partial charge in [0.2, 0.25) is 0 Å². The number of hydrogen-bond donors (Lipinski definition) is 3. The van der Waals surface area contributed by atoms with E-state index >= 15 is 0 Å². The van der Waals surface area contributed by atoms with Gasteiger partial charge in [0.05, 0.1) is 6.10 Å². The summed E-state index contributed by atoms with van der Waals surface area (Å²) < 4.78 is 5.82. The second-order valence-electron chi connectivity index (χ2n) is 5.31. The lowest BCUT2D eigenvalue weighted by atomic mass is 9.94. The van der Waals surface area contributed by atoms with Crippen LogP contribution in [0, 0.1) is 0 Å². The second kappa shape index (κ2) is 7.90. The van der Waals surface area contributed by atoms with Crippen molar-refractivity contribution < 1.29 is 9.53 Å². The molecule has 21 heavy (non-hydrogen) atoms. The molecule has 0 bridgehead atoms. The highest BCUT2D eigenvalue weighted by atomic mass is 16.5. The molecule has 1 aromatic rings. The Hall–Kier alpha value is -1.73. The van der Waals surface area contributed by atoms with E-state index in [9.17, 15) is 4.79 Å². The van der Waals surface area contributed by atoms with E-state index in [-0.39, 0.29) is 5.69 Å². The first-order chi connectivity index (χ1) is 10.2. The maximum absolute atomic E-state index is 11.2. The van der Waals surface area contributed by atoms with Crippen LogP contribution < -0.4 is 16.8 Å². The molecule has 1 aliphatic rings. The fraction of sp³-hybridized carbons (Fsp3) is 0.643. The summed E-state index contributed by atoms with van der Waals surface area (Å²) >= 11 is 0. The van der Waals surface area contributed by atoms with Crippen LogP contribution in [0.25, 0.3) is 0 Å². The molecule has 5 N–H and O–H groups in total. The molecular formula is C14H23N5O2. The third kappa shape index (κ3) is 4.95. The lowest BCUT2D eigenvalue weighted by Gasteiger charge is -2.26. The standard InChI is InChI=1S/C14H23N5O2/c15-10-2-4-11(5-3-10)21-9-1-6-18-14-12(13(16)20)17-7-8-19-14/h7-8,10-11H,1-6,9,15H2,(H2,16,20)(H,18,19). The maximum Gasteiger partial charge on any atom is 0.271 e. The zero-order valence-electron chi connectivity index (χ0n) is 12.1. The number of nitrogens with two attached hydrogens (primary N) is 2. The van der Waals surface area contributed by atoms with Crippen LogP contribution in [0.1, 0.15) is 42.6 Å². The van der Waals surface area contributed by atoms with Crippen LogP contribution in [0.5, 0.6) is 0 Å². The fourth-order valence-electron chi connectivity index (χ4n) is 2.43. The molecule has 0 aromatic carbocycles. The third-order valence-corrected chi connectivity index (χ3v) is 3.62. The summed E-state index contributed by atoms with van der Waals surface area (Å²) in [5.41, 5.74) is 11.3. The van der Waals surface area contributed by atoms with Crippen molar-refractivity contribution in [2.75, 3.05) is 18.5 Å². The van der Waals surface area contributed by atoms with Crippen LogP contribution in [0.4, 0.5) is 5.82 Å². The van der Waals surface area contributed by atoms with Crippen LogP contribution in [-0.4, -0.2) is 41.2 Å². The van der Waals surface area contributed by atoms with Gasteiger partial charge >= 0.3 is 0 Å². The number of ether oxygens (including phenoxy) is 1. The van der Waals surface area contributed by atoms with Crippen molar-refractivity contribution >= 4 is 11.7 Å². The molecule has 2 rings (SSSR count). The van der Waals surface area contributed by atoms with E-state index < -0.39 is 5.91 Å². The number of rotatable bonds is 7. The summed E-state index contributed by atoms with van der Waals surface area (Å²) in [6.45, 7) is 1.34. The maximum atomic E-state index is 11.2. The minimum Gasteiger partial charge on any atom is -0.378 e. The molecule has 7 nitrogen and oxygen atoms in total. The van der Waals surface area contributed by atoms with Gasteiger partial charge in [-0.05, 0) is 32.1 Å². The Bertz CT molecular complexity index is 460. The van der Waals surface area contributed by atoms with Crippen LogP contribution in [0.3, 0.4) is 0 Å². The molecule has 7 heteroatoms.